The molecular formula is C16H21N3S. The molecule has 1 aromatic carbocycles. The van der Waals surface area contributed by atoms with Crippen LogP contribution in [0, 0.1) is 5.92 Å². The predicted octanol–water partition coefficient (Wildman–Crippen LogP) is 3.50. The van der Waals surface area contributed by atoms with Crippen LogP contribution >= 0.6 is 11.8 Å². The summed E-state index contributed by atoms with van der Waals surface area (Å²) in [5.74, 6) is 1.92. The Kier molecular flexibility index (Phi) is 4.53. The topological polar surface area (TPSA) is 37.8 Å². The van der Waals surface area contributed by atoms with Gasteiger partial charge in [-0.3, -0.25) is 0 Å². The van der Waals surface area contributed by atoms with E-state index >= 15 is 0 Å². The lowest BCUT2D eigenvalue weighted by molar-refractivity contribution is 0.410. The van der Waals surface area contributed by atoms with E-state index < -0.39 is 0 Å². The van der Waals surface area contributed by atoms with E-state index in [0.717, 1.165) is 22.2 Å². The normalized spacial score (nSPS) is 17.6. The van der Waals surface area contributed by atoms with E-state index in [4.69, 9.17) is 0 Å². The second-order valence-electron chi connectivity index (χ2n) is 5.45. The summed E-state index contributed by atoms with van der Waals surface area (Å²) in [7, 11) is 2.08. The minimum Gasteiger partial charge on any atom is -0.316 e. The molecule has 1 aliphatic carbocycles. The van der Waals surface area contributed by atoms with Crippen molar-refractivity contribution in [1.29, 1.82) is 0 Å². The highest BCUT2D eigenvalue weighted by molar-refractivity contribution is 7.99. The first-order valence-electron chi connectivity index (χ1n) is 7.38. The minimum absolute atomic E-state index is 0.594. The molecule has 1 atom stereocenters. The average molecular weight is 287 g/mol. The number of hydrogen-bond acceptors (Lipinski definition) is 4. The summed E-state index contributed by atoms with van der Waals surface area (Å²) in [5, 5.41) is 5.77. The summed E-state index contributed by atoms with van der Waals surface area (Å²) in [5.41, 5.74) is 1.03. The highest BCUT2D eigenvalue weighted by atomic mass is 32.2. The fraction of sp³-hybridized carbons (Fsp3) is 0.500. The molecule has 0 saturated heterocycles. The van der Waals surface area contributed by atoms with Crippen molar-refractivity contribution in [3.63, 3.8) is 0 Å². The van der Waals surface area contributed by atoms with Crippen LogP contribution in [0.4, 0.5) is 0 Å². The van der Waals surface area contributed by atoms with Gasteiger partial charge in [-0.15, -0.1) is 11.8 Å². The van der Waals surface area contributed by atoms with Gasteiger partial charge in [0.1, 0.15) is 11.4 Å². The molecule has 1 aliphatic rings. The maximum absolute atomic E-state index is 4.46. The third kappa shape index (κ3) is 2.96. The summed E-state index contributed by atoms with van der Waals surface area (Å²) in [6.45, 7) is 0. The van der Waals surface area contributed by atoms with Gasteiger partial charge >= 0.3 is 0 Å². The molecule has 106 valence electrons. The van der Waals surface area contributed by atoms with Gasteiger partial charge in [0.25, 0.3) is 0 Å². The van der Waals surface area contributed by atoms with Crippen molar-refractivity contribution < 1.29 is 0 Å². The second kappa shape index (κ2) is 6.55. The van der Waals surface area contributed by atoms with E-state index in [0.29, 0.717) is 6.04 Å². The van der Waals surface area contributed by atoms with Crippen LogP contribution in [0.15, 0.2) is 35.6 Å². The first kappa shape index (κ1) is 13.8. The van der Waals surface area contributed by atoms with E-state index in [1.165, 1.54) is 31.1 Å². The van der Waals surface area contributed by atoms with E-state index in [1.807, 2.05) is 23.9 Å². The standard InChI is InChI=1S/C16H21N3S/c1-17-15(12-6-2-3-7-12)10-20-16-13-8-4-5-9-14(13)18-11-19-16/h4-5,8-9,11-12,15,17H,2-3,6-7,10H2,1H3. The molecule has 4 heteroatoms. The molecule has 0 spiro atoms. The molecule has 0 radical (unpaired) electrons. The van der Waals surface area contributed by atoms with Gasteiger partial charge in [-0.05, 0) is 31.9 Å². The fourth-order valence-corrected chi connectivity index (χ4v) is 4.30. The van der Waals surface area contributed by atoms with Gasteiger partial charge in [0.15, 0.2) is 0 Å². The lowest BCUT2D eigenvalue weighted by Crippen LogP contribution is -2.34. The smallest absolute Gasteiger partial charge is 0.117 e. The Morgan fingerprint density at radius 2 is 2.05 bits per heavy atom. The van der Waals surface area contributed by atoms with Crippen molar-refractivity contribution in [1.82, 2.24) is 15.3 Å². The SMILES string of the molecule is CNC(CSc1ncnc2ccccc12)C1CCCC1. The molecule has 0 bridgehead atoms. The fourth-order valence-electron chi connectivity index (χ4n) is 3.08. The van der Waals surface area contributed by atoms with Crippen molar-refractivity contribution in [3.05, 3.63) is 30.6 Å². The number of hydrogen-bond donors (Lipinski definition) is 1. The van der Waals surface area contributed by atoms with Crippen molar-refractivity contribution >= 4 is 22.7 Å². The van der Waals surface area contributed by atoms with Crippen molar-refractivity contribution in [2.75, 3.05) is 12.8 Å². The Bertz CT molecular complexity index is 561. The summed E-state index contributed by atoms with van der Waals surface area (Å²) in [4.78, 5) is 8.79. The van der Waals surface area contributed by atoms with Gasteiger partial charge in [0.2, 0.25) is 0 Å². The quantitative estimate of drug-likeness (QED) is 0.674. The van der Waals surface area contributed by atoms with Gasteiger partial charge in [0.05, 0.1) is 5.52 Å². The molecule has 0 aliphatic heterocycles. The molecule has 3 nitrogen and oxygen atoms in total. The second-order valence-corrected chi connectivity index (χ2v) is 6.46. The van der Waals surface area contributed by atoms with E-state index in [-0.39, 0.29) is 0 Å². The number of rotatable bonds is 5. The summed E-state index contributed by atoms with van der Waals surface area (Å²) >= 11 is 1.86. The Labute approximate surface area is 124 Å². The molecule has 1 N–H and O–H groups in total. The van der Waals surface area contributed by atoms with Gasteiger partial charge in [-0.25, -0.2) is 9.97 Å². The van der Waals surface area contributed by atoms with Crippen LogP contribution in [0.3, 0.4) is 0 Å². The largest absolute Gasteiger partial charge is 0.316 e. The molecule has 1 fully saturated rings. The molecular weight excluding hydrogens is 266 g/mol. The first-order valence-corrected chi connectivity index (χ1v) is 8.37. The Hall–Kier alpha value is -1.13. The maximum Gasteiger partial charge on any atom is 0.117 e. The molecule has 2 aromatic rings. The molecule has 20 heavy (non-hydrogen) atoms. The minimum atomic E-state index is 0.594. The van der Waals surface area contributed by atoms with E-state index in [9.17, 15) is 0 Å². The highest BCUT2D eigenvalue weighted by Gasteiger charge is 2.24. The molecule has 1 saturated carbocycles. The van der Waals surface area contributed by atoms with Crippen LogP contribution < -0.4 is 5.32 Å². The number of fused-ring (bicyclic) bond motifs is 1. The van der Waals surface area contributed by atoms with Crippen LogP contribution in [-0.4, -0.2) is 28.8 Å². The van der Waals surface area contributed by atoms with E-state index in [1.54, 1.807) is 6.33 Å². The van der Waals surface area contributed by atoms with Crippen molar-refractivity contribution in [2.24, 2.45) is 5.92 Å². The van der Waals surface area contributed by atoms with Crippen molar-refractivity contribution in [2.45, 2.75) is 36.8 Å². The summed E-state index contributed by atoms with van der Waals surface area (Å²) in [6.07, 6.45) is 7.20. The number of benzene rings is 1. The molecule has 3 rings (SSSR count). The van der Waals surface area contributed by atoms with Gasteiger partial charge in [0, 0.05) is 17.2 Å². The maximum atomic E-state index is 4.46. The monoisotopic (exact) mass is 287 g/mol. The lowest BCUT2D eigenvalue weighted by atomic mass is 10.0. The number of thioether (sulfide) groups is 1. The van der Waals surface area contributed by atoms with Gasteiger partial charge in [-0.1, -0.05) is 31.0 Å². The summed E-state index contributed by atoms with van der Waals surface area (Å²) < 4.78 is 0. The zero-order valence-electron chi connectivity index (χ0n) is 11.9. The Balaban J connectivity index is 1.72. The lowest BCUT2D eigenvalue weighted by Gasteiger charge is -2.22. The zero-order chi connectivity index (χ0) is 13.8. The zero-order valence-corrected chi connectivity index (χ0v) is 12.7. The number of aromatic nitrogens is 2. The van der Waals surface area contributed by atoms with Crippen LogP contribution in [0.2, 0.25) is 0 Å². The first-order chi connectivity index (χ1) is 9.88. The predicted molar refractivity (Wildman–Crippen MR) is 85.1 cm³/mol. The third-order valence-electron chi connectivity index (χ3n) is 4.25. The number of para-hydroxylation sites is 1. The Morgan fingerprint density at radius 1 is 1.25 bits per heavy atom. The summed E-state index contributed by atoms with van der Waals surface area (Å²) in [6, 6.07) is 8.84. The molecule has 1 unspecified atom stereocenters. The molecule has 0 amide bonds. The Morgan fingerprint density at radius 3 is 2.85 bits per heavy atom. The van der Waals surface area contributed by atoms with Crippen molar-refractivity contribution in [3.8, 4) is 0 Å². The number of nitrogens with zero attached hydrogens (tertiary/aromatic N) is 2. The van der Waals surface area contributed by atoms with Crippen LogP contribution in [0.25, 0.3) is 10.9 Å². The number of nitrogens with one attached hydrogen (secondary N) is 1. The highest BCUT2D eigenvalue weighted by Crippen LogP contribution is 2.31. The third-order valence-corrected chi connectivity index (χ3v) is 5.37. The molecule has 1 aromatic heterocycles. The molecule has 1 heterocycles. The average Bonchev–Trinajstić information content (AvgIpc) is 3.02. The van der Waals surface area contributed by atoms with Gasteiger partial charge in [-0.2, -0.15) is 0 Å². The van der Waals surface area contributed by atoms with Crippen LogP contribution in [0.5, 0.6) is 0 Å². The van der Waals surface area contributed by atoms with E-state index in [2.05, 4.69) is 34.5 Å². The van der Waals surface area contributed by atoms with Crippen LogP contribution in [0.1, 0.15) is 25.7 Å². The van der Waals surface area contributed by atoms with Gasteiger partial charge < -0.3 is 5.32 Å². The van der Waals surface area contributed by atoms with Crippen LogP contribution in [-0.2, 0) is 0 Å².